The van der Waals surface area contributed by atoms with Gasteiger partial charge in [-0.15, -0.1) is 0 Å². The molecule has 5 rings (SSSR count). The smallest absolute Gasteiger partial charge is 0.255 e. The lowest BCUT2D eigenvalue weighted by Crippen LogP contribution is -2.48. The molecule has 2 amide bonds. The molecule has 0 atom stereocenters. The van der Waals surface area contributed by atoms with E-state index in [0.29, 0.717) is 79.2 Å². The first-order valence-electron chi connectivity index (χ1n) is 12.1. The van der Waals surface area contributed by atoms with Gasteiger partial charge in [-0.1, -0.05) is 0 Å². The summed E-state index contributed by atoms with van der Waals surface area (Å²) >= 11 is 0. The van der Waals surface area contributed by atoms with Crippen molar-refractivity contribution in [3.8, 4) is 23.0 Å². The normalized spacial score (nSPS) is 14.6. The van der Waals surface area contributed by atoms with Crippen LogP contribution in [0.4, 0.5) is 11.4 Å². The number of carbonyl (C=O) groups excluding carboxylic acids is 2. The monoisotopic (exact) mass is 503 g/mol. The SMILES string of the molecule is COc1cc(OC)cc(C(=O)N2CCN(c3ccc(NC(=O)c4ccc5c(c4)OCCO5)cc3)CC2)c1. The minimum Gasteiger partial charge on any atom is -0.497 e. The fraction of sp³-hybridized carbons (Fsp3) is 0.286. The molecule has 0 unspecified atom stereocenters. The Balaban J connectivity index is 1.17. The van der Waals surface area contributed by atoms with Gasteiger partial charge in [0.05, 0.1) is 14.2 Å². The fourth-order valence-corrected chi connectivity index (χ4v) is 4.42. The lowest BCUT2D eigenvalue weighted by atomic mass is 10.1. The molecule has 9 heteroatoms. The number of fused-ring (bicyclic) bond motifs is 1. The lowest BCUT2D eigenvalue weighted by Gasteiger charge is -2.36. The molecule has 2 aliphatic rings. The van der Waals surface area contributed by atoms with Crippen LogP contribution in [0.15, 0.2) is 60.7 Å². The maximum Gasteiger partial charge on any atom is 0.255 e. The number of nitrogens with zero attached hydrogens (tertiary/aromatic N) is 2. The number of nitrogens with one attached hydrogen (secondary N) is 1. The minimum atomic E-state index is -0.217. The third-order valence-electron chi connectivity index (χ3n) is 6.46. The molecule has 0 aromatic heterocycles. The molecule has 1 fully saturated rings. The Bertz CT molecular complexity index is 1260. The average molecular weight is 504 g/mol. The number of hydrogen-bond acceptors (Lipinski definition) is 7. The van der Waals surface area contributed by atoms with Crippen LogP contribution in [0.1, 0.15) is 20.7 Å². The molecular formula is C28H29N3O6. The van der Waals surface area contributed by atoms with Gasteiger partial charge < -0.3 is 34.1 Å². The summed E-state index contributed by atoms with van der Waals surface area (Å²) in [6.45, 7) is 3.58. The topological polar surface area (TPSA) is 89.6 Å². The second kappa shape index (κ2) is 10.7. The molecule has 0 radical (unpaired) electrons. The summed E-state index contributed by atoms with van der Waals surface area (Å²) in [6, 6.07) is 18.1. The van der Waals surface area contributed by atoms with Gasteiger partial charge in [0.2, 0.25) is 0 Å². The van der Waals surface area contributed by atoms with Crippen molar-refractivity contribution in [2.24, 2.45) is 0 Å². The summed E-state index contributed by atoms with van der Waals surface area (Å²) in [6.07, 6.45) is 0. The van der Waals surface area contributed by atoms with E-state index in [9.17, 15) is 9.59 Å². The number of benzene rings is 3. The largest absolute Gasteiger partial charge is 0.497 e. The van der Waals surface area contributed by atoms with E-state index in [1.807, 2.05) is 29.2 Å². The van der Waals surface area contributed by atoms with E-state index in [1.165, 1.54) is 0 Å². The summed E-state index contributed by atoms with van der Waals surface area (Å²) < 4.78 is 21.7. The first-order chi connectivity index (χ1) is 18.0. The summed E-state index contributed by atoms with van der Waals surface area (Å²) in [5, 5.41) is 2.93. The molecule has 0 bridgehead atoms. The van der Waals surface area contributed by atoms with Gasteiger partial charge in [-0.05, 0) is 54.6 Å². The Labute approximate surface area is 215 Å². The highest BCUT2D eigenvalue weighted by Gasteiger charge is 2.23. The Hall–Kier alpha value is -4.40. The lowest BCUT2D eigenvalue weighted by molar-refractivity contribution is 0.0746. The van der Waals surface area contributed by atoms with Crippen LogP contribution in [-0.2, 0) is 0 Å². The highest BCUT2D eigenvalue weighted by Crippen LogP contribution is 2.31. The van der Waals surface area contributed by atoms with E-state index < -0.39 is 0 Å². The molecule has 2 aliphatic heterocycles. The molecule has 0 saturated carbocycles. The van der Waals surface area contributed by atoms with Crippen molar-refractivity contribution in [2.45, 2.75) is 0 Å². The van der Waals surface area contributed by atoms with Crippen molar-refractivity contribution < 1.29 is 28.5 Å². The molecular weight excluding hydrogens is 474 g/mol. The summed E-state index contributed by atoms with van der Waals surface area (Å²) in [4.78, 5) is 29.8. The van der Waals surface area contributed by atoms with E-state index in [-0.39, 0.29) is 11.8 Å². The molecule has 3 aromatic rings. The van der Waals surface area contributed by atoms with Crippen LogP contribution in [0.3, 0.4) is 0 Å². The van der Waals surface area contributed by atoms with Crippen LogP contribution >= 0.6 is 0 Å². The Morgan fingerprint density at radius 1 is 0.757 bits per heavy atom. The van der Waals surface area contributed by atoms with Gasteiger partial charge in [-0.2, -0.15) is 0 Å². The maximum atomic E-state index is 13.1. The molecule has 3 aromatic carbocycles. The first kappa shape index (κ1) is 24.3. The van der Waals surface area contributed by atoms with E-state index in [0.717, 1.165) is 5.69 Å². The standard InChI is InChI=1S/C28H29N3O6/c1-34-23-15-20(16-24(18-23)35-2)28(33)31-11-9-30(10-12-31)22-6-4-21(5-7-22)29-27(32)19-3-8-25-26(17-19)37-14-13-36-25/h3-8,15-18H,9-14H2,1-2H3,(H,29,32). The zero-order valence-corrected chi connectivity index (χ0v) is 20.9. The van der Waals surface area contributed by atoms with Crippen molar-refractivity contribution in [1.82, 2.24) is 4.90 Å². The van der Waals surface area contributed by atoms with E-state index in [4.69, 9.17) is 18.9 Å². The number of ether oxygens (including phenoxy) is 4. The van der Waals surface area contributed by atoms with Gasteiger partial charge >= 0.3 is 0 Å². The number of piperazine rings is 1. The highest BCUT2D eigenvalue weighted by atomic mass is 16.6. The predicted molar refractivity (Wildman–Crippen MR) is 139 cm³/mol. The van der Waals surface area contributed by atoms with Crippen molar-refractivity contribution in [3.63, 3.8) is 0 Å². The van der Waals surface area contributed by atoms with Crippen LogP contribution < -0.4 is 29.2 Å². The van der Waals surface area contributed by atoms with Crippen molar-refractivity contribution in [3.05, 3.63) is 71.8 Å². The van der Waals surface area contributed by atoms with Crippen LogP contribution in [0, 0.1) is 0 Å². The van der Waals surface area contributed by atoms with E-state index in [1.54, 1.807) is 50.6 Å². The maximum absolute atomic E-state index is 13.1. The molecule has 9 nitrogen and oxygen atoms in total. The third kappa shape index (κ3) is 5.40. The number of amides is 2. The summed E-state index contributed by atoms with van der Waals surface area (Å²) in [7, 11) is 3.13. The van der Waals surface area contributed by atoms with Gasteiger partial charge in [-0.3, -0.25) is 9.59 Å². The zero-order valence-electron chi connectivity index (χ0n) is 20.9. The fourth-order valence-electron chi connectivity index (χ4n) is 4.42. The first-order valence-corrected chi connectivity index (χ1v) is 12.1. The number of carbonyl (C=O) groups is 2. The second-order valence-corrected chi connectivity index (χ2v) is 8.74. The van der Waals surface area contributed by atoms with Crippen molar-refractivity contribution >= 4 is 23.2 Å². The Kier molecular flexibility index (Phi) is 7.02. The van der Waals surface area contributed by atoms with E-state index in [2.05, 4.69) is 10.2 Å². The quantitative estimate of drug-likeness (QED) is 0.549. The second-order valence-electron chi connectivity index (χ2n) is 8.74. The summed E-state index contributed by atoms with van der Waals surface area (Å²) in [5.41, 5.74) is 2.78. The summed E-state index contributed by atoms with van der Waals surface area (Å²) in [5.74, 6) is 2.14. The van der Waals surface area contributed by atoms with Crippen molar-refractivity contribution in [1.29, 1.82) is 0 Å². The van der Waals surface area contributed by atoms with E-state index >= 15 is 0 Å². The van der Waals surface area contributed by atoms with Crippen LogP contribution in [0.25, 0.3) is 0 Å². The van der Waals surface area contributed by atoms with Crippen LogP contribution in [0.2, 0.25) is 0 Å². The van der Waals surface area contributed by atoms with Gasteiger partial charge in [0.1, 0.15) is 24.7 Å². The minimum absolute atomic E-state index is 0.0472. The molecule has 0 aliphatic carbocycles. The van der Waals surface area contributed by atoms with Gasteiger partial charge in [0.15, 0.2) is 11.5 Å². The number of anilines is 2. The molecule has 37 heavy (non-hydrogen) atoms. The van der Waals surface area contributed by atoms with Gasteiger partial charge in [0.25, 0.3) is 11.8 Å². The third-order valence-corrected chi connectivity index (χ3v) is 6.46. The van der Waals surface area contributed by atoms with Crippen LogP contribution in [0.5, 0.6) is 23.0 Å². The van der Waals surface area contributed by atoms with Gasteiger partial charge in [0, 0.05) is 54.7 Å². The Morgan fingerprint density at radius 2 is 1.41 bits per heavy atom. The molecule has 1 saturated heterocycles. The molecule has 0 spiro atoms. The van der Waals surface area contributed by atoms with Crippen LogP contribution in [-0.4, -0.2) is 70.3 Å². The molecule has 1 N–H and O–H groups in total. The number of hydrogen-bond donors (Lipinski definition) is 1. The predicted octanol–water partition coefficient (Wildman–Crippen LogP) is 3.69. The number of rotatable bonds is 6. The molecule has 192 valence electrons. The Morgan fingerprint density at radius 3 is 2.05 bits per heavy atom. The number of methoxy groups -OCH3 is 2. The molecule has 2 heterocycles. The zero-order chi connectivity index (χ0) is 25.8. The highest BCUT2D eigenvalue weighted by molar-refractivity contribution is 6.04. The van der Waals surface area contributed by atoms with Gasteiger partial charge in [-0.25, -0.2) is 0 Å². The van der Waals surface area contributed by atoms with Crippen molar-refractivity contribution in [2.75, 3.05) is 63.8 Å². The average Bonchev–Trinajstić information content (AvgIpc) is 2.96.